The third kappa shape index (κ3) is 3.98. The average molecular weight is 354 g/mol. The summed E-state index contributed by atoms with van der Waals surface area (Å²) < 4.78 is 11.5. The second-order valence-electron chi connectivity index (χ2n) is 5.56. The molecule has 3 aromatic rings. The molecule has 8 heteroatoms. The smallest absolute Gasteiger partial charge is 0.292 e. The van der Waals surface area contributed by atoms with E-state index in [4.69, 9.17) is 9.15 Å². The number of aryl methyl sites for hydroxylation is 1. The van der Waals surface area contributed by atoms with Crippen LogP contribution in [0.4, 0.5) is 11.5 Å². The molecule has 2 amide bonds. The van der Waals surface area contributed by atoms with Gasteiger partial charge in [0.1, 0.15) is 5.82 Å². The second kappa shape index (κ2) is 7.66. The molecule has 2 aromatic heterocycles. The van der Waals surface area contributed by atoms with E-state index in [-0.39, 0.29) is 17.4 Å². The summed E-state index contributed by atoms with van der Waals surface area (Å²) in [4.78, 5) is 24.5. The summed E-state index contributed by atoms with van der Waals surface area (Å²) >= 11 is 0. The Hall–Kier alpha value is -3.39. The van der Waals surface area contributed by atoms with Crippen LogP contribution in [0.2, 0.25) is 0 Å². The van der Waals surface area contributed by atoms with Gasteiger partial charge in [0.15, 0.2) is 11.5 Å². The number of methoxy groups -OCH3 is 1. The van der Waals surface area contributed by atoms with E-state index in [1.807, 2.05) is 18.2 Å². The molecular weight excluding hydrogens is 336 g/mol. The fourth-order valence-corrected chi connectivity index (χ4v) is 2.38. The summed E-state index contributed by atoms with van der Waals surface area (Å²) in [6.45, 7) is 0.455. The number of hydrogen-bond acceptors (Lipinski definition) is 5. The van der Waals surface area contributed by atoms with Gasteiger partial charge in [-0.15, -0.1) is 0 Å². The highest BCUT2D eigenvalue weighted by Crippen LogP contribution is 2.15. The maximum absolute atomic E-state index is 12.4. The molecule has 0 unspecified atom stereocenters. The molecule has 0 saturated heterocycles. The lowest BCUT2D eigenvalue weighted by atomic mass is 10.2. The molecule has 2 heterocycles. The molecule has 0 fully saturated rings. The Morgan fingerprint density at radius 2 is 2.00 bits per heavy atom. The number of amides is 2. The minimum Gasteiger partial charge on any atom is -0.459 e. The first kappa shape index (κ1) is 17.4. The maximum Gasteiger partial charge on any atom is 0.292 e. The van der Waals surface area contributed by atoms with E-state index in [2.05, 4.69) is 15.7 Å². The average Bonchev–Trinajstić information content (AvgIpc) is 3.26. The van der Waals surface area contributed by atoms with Gasteiger partial charge in [-0.3, -0.25) is 14.3 Å². The monoisotopic (exact) mass is 354 g/mol. The molecule has 26 heavy (non-hydrogen) atoms. The molecular formula is C18H18N4O4. The second-order valence-corrected chi connectivity index (χ2v) is 5.56. The molecule has 0 bridgehead atoms. The molecule has 3 rings (SSSR count). The summed E-state index contributed by atoms with van der Waals surface area (Å²) in [6, 6.07) is 12.0. The Labute approximate surface area is 149 Å². The molecule has 1 aromatic carbocycles. The third-order valence-electron chi connectivity index (χ3n) is 3.59. The minimum absolute atomic E-state index is 0.173. The van der Waals surface area contributed by atoms with Crippen LogP contribution in [0.3, 0.4) is 0 Å². The van der Waals surface area contributed by atoms with Crippen molar-refractivity contribution in [2.75, 3.05) is 17.7 Å². The van der Waals surface area contributed by atoms with Crippen molar-refractivity contribution in [1.29, 1.82) is 0 Å². The van der Waals surface area contributed by atoms with Crippen LogP contribution in [0, 0.1) is 0 Å². The van der Waals surface area contributed by atoms with Crippen LogP contribution < -0.4 is 10.6 Å². The van der Waals surface area contributed by atoms with Crippen molar-refractivity contribution in [3.63, 3.8) is 0 Å². The van der Waals surface area contributed by atoms with Crippen LogP contribution >= 0.6 is 0 Å². The lowest BCUT2D eigenvalue weighted by molar-refractivity contribution is 0.0993. The van der Waals surface area contributed by atoms with Crippen molar-refractivity contribution >= 4 is 23.3 Å². The summed E-state index contributed by atoms with van der Waals surface area (Å²) in [6.07, 6.45) is 1.41. The molecule has 134 valence electrons. The molecule has 0 aliphatic heterocycles. The standard InChI is InChI=1S/C18H18N4O4/c1-22-16(20-18(24)15-7-4-8-26-15)10-14(21-22)17(23)19-13-6-3-5-12(9-13)11-25-2/h3-10H,11H2,1-2H3,(H,19,23)(H,20,24). The number of ether oxygens (including phenoxy) is 1. The van der Waals surface area contributed by atoms with Crippen LogP contribution in [-0.4, -0.2) is 28.7 Å². The Morgan fingerprint density at radius 3 is 2.73 bits per heavy atom. The fourth-order valence-electron chi connectivity index (χ4n) is 2.38. The van der Waals surface area contributed by atoms with Gasteiger partial charge in [-0.2, -0.15) is 5.10 Å². The highest BCUT2D eigenvalue weighted by molar-refractivity contribution is 6.05. The van der Waals surface area contributed by atoms with Crippen LogP contribution in [0.25, 0.3) is 0 Å². The molecule has 0 aliphatic rings. The van der Waals surface area contributed by atoms with Crippen LogP contribution in [0.5, 0.6) is 0 Å². The Morgan fingerprint density at radius 1 is 1.15 bits per heavy atom. The zero-order valence-electron chi connectivity index (χ0n) is 14.4. The molecule has 0 aliphatic carbocycles. The number of nitrogens with zero attached hydrogens (tertiary/aromatic N) is 2. The van der Waals surface area contributed by atoms with Crippen molar-refractivity contribution in [3.05, 3.63) is 65.7 Å². The number of rotatable bonds is 6. The number of aromatic nitrogens is 2. The Balaban J connectivity index is 1.70. The largest absolute Gasteiger partial charge is 0.459 e. The van der Waals surface area contributed by atoms with Gasteiger partial charge in [-0.25, -0.2) is 0 Å². The van der Waals surface area contributed by atoms with Gasteiger partial charge >= 0.3 is 0 Å². The molecule has 2 N–H and O–H groups in total. The topological polar surface area (TPSA) is 98.4 Å². The molecule has 0 atom stereocenters. The minimum atomic E-state index is -0.419. The summed E-state index contributed by atoms with van der Waals surface area (Å²) in [5.74, 6) is -0.247. The van der Waals surface area contributed by atoms with E-state index in [0.29, 0.717) is 18.1 Å². The van der Waals surface area contributed by atoms with E-state index in [0.717, 1.165) is 5.56 Å². The number of anilines is 2. The van der Waals surface area contributed by atoms with Crippen LogP contribution in [0.1, 0.15) is 26.6 Å². The third-order valence-corrected chi connectivity index (χ3v) is 3.59. The first-order chi connectivity index (χ1) is 12.6. The van der Waals surface area contributed by atoms with Gasteiger partial charge < -0.3 is 19.8 Å². The normalized spacial score (nSPS) is 10.5. The zero-order valence-corrected chi connectivity index (χ0v) is 14.4. The van der Waals surface area contributed by atoms with Crippen molar-refractivity contribution in [1.82, 2.24) is 9.78 Å². The quantitative estimate of drug-likeness (QED) is 0.709. The molecule has 0 radical (unpaired) electrons. The maximum atomic E-state index is 12.4. The van der Waals surface area contributed by atoms with E-state index >= 15 is 0 Å². The summed E-state index contributed by atoms with van der Waals surface area (Å²) in [7, 11) is 3.24. The zero-order chi connectivity index (χ0) is 18.5. The number of carbonyl (C=O) groups is 2. The first-order valence-corrected chi connectivity index (χ1v) is 7.85. The predicted octanol–water partition coefficient (Wildman–Crippen LogP) is 2.66. The van der Waals surface area contributed by atoms with Gasteiger partial charge in [0, 0.05) is 25.9 Å². The van der Waals surface area contributed by atoms with E-state index in [1.54, 1.807) is 32.4 Å². The van der Waals surface area contributed by atoms with Crippen molar-refractivity contribution in [2.24, 2.45) is 7.05 Å². The van der Waals surface area contributed by atoms with Gasteiger partial charge in [0.25, 0.3) is 11.8 Å². The number of hydrogen-bond donors (Lipinski definition) is 2. The van der Waals surface area contributed by atoms with Gasteiger partial charge in [0.2, 0.25) is 0 Å². The number of furan rings is 1. The number of carbonyl (C=O) groups excluding carboxylic acids is 2. The molecule has 0 saturated carbocycles. The highest BCUT2D eigenvalue weighted by atomic mass is 16.5. The Kier molecular flexibility index (Phi) is 5.14. The first-order valence-electron chi connectivity index (χ1n) is 7.85. The number of benzene rings is 1. The molecule has 8 nitrogen and oxygen atoms in total. The van der Waals surface area contributed by atoms with Gasteiger partial charge in [-0.05, 0) is 29.8 Å². The van der Waals surface area contributed by atoms with Crippen molar-refractivity contribution in [2.45, 2.75) is 6.61 Å². The van der Waals surface area contributed by atoms with Crippen LogP contribution in [0.15, 0.2) is 53.1 Å². The summed E-state index contributed by atoms with van der Waals surface area (Å²) in [5.41, 5.74) is 1.76. The predicted molar refractivity (Wildman–Crippen MR) is 95.0 cm³/mol. The Bertz CT molecular complexity index is 915. The highest BCUT2D eigenvalue weighted by Gasteiger charge is 2.16. The SMILES string of the molecule is COCc1cccc(NC(=O)c2cc(NC(=O)c3ccco3)n(C)n2)c1. The van der Waals surface area contributed by atoms with Gasteiger partial charge in [-0.1, -0.05) is 12.1 Å². The lowest BCUT2D eigenvalue weighted by Crippen LogP contribution is -2.13. The summed E-state index contributed by atoms with van der Waals surface area (Å²) in [5, 5.41) is 9.56. The van der Waals surface area contributed by atoms with E-state index in [1.165, 1.54) is 17.0 Å². The van der Waals surface area contributed by atoms with Crippen molar-refractivity contribution in [3.8, 4) is 0 Å². The fraction of sp³-hybridized carbons (Fsp3) is 0.167. The van der Waals surface area contributed by atoms with Gasteiger partial charge in [0.05, 0.1) is 12.9 Å². The van der Waals surface area contributed by atoms with E-state index in [9.17, 15) is 9.59 Å². The lowest BCUT2D eigenvalue weighted by Gasteiger charge is -2.05. The number of nitrogens with one attached hydrogen (secondary N) is 2. The molecule has 0 spiro atoms. The van der Waals surface area contributed by atoms with Crippen LogP contribution in [-0.2, 0) is 18.4 Å². The van der Waals surface area contributed by atoms with E-state index < -0.39 is 5.91 Å². The van der Waals surface area contributed by atoms with Crippen molar-refractivity contribution < 1.29 is 18.7 Å².